The topological polar surface area (TPSA) is 90.3 Å². The molecule has 2 aliphatic rings. The molecule has 0 aromatic carbocycles. The van der Waals surface area contributed by atoms with E-state index in [4.69, 9.17) is 4.98 Å². The molecule has 9 heteroatoms. The van der Waals surface area contributed by atoms with Gasteiger partial charge in [-0.25, -0.2) is 19.3 Å². The Labute approximate surface area is 192 Å². The van der Waals surface area contributed by atoms with Crippen LogP contribution in [0.5, 0.6) is 0 Å². The molecule has 0 bridgehead atoms. The first-order chi connectivity index (χ1) is 15.9. The van der Waals surface area contributed by atoms with Crippen LogP contribution in [0.15, 0.2) is 30.7 Å². The van der Waals surface area contributed by atoms with Crippen molar-refractivity contribution in [3.63, 3.8) is 0 Å². The van der Waals surface area contributed by atoms with Gasteiger partial charge in [-0.15, -0.1) is 0 Å². The van der Waals surface area contributed by atoms with Crippen molar-refractivity contribution < 1.29 is 9.50 Å². The van der Waals surface area contributed by atoms with Gasteiger partial charge in [0.2, 0.25) is 5.95 Å². The molecule has 2 saturated heterocycles. The van der Waals surface area contributed by atoms with E-state index in [2.05, 4.69) is 52.0 Å². The molecule has 8 nitrogen and oxygen atoms in total. The number of aliphatic hydroxyl groups excluding tert-OH is 1. The van der Waals surface area contributed by atoms with Crippen molar-refractivity contribution in [2.24, 2.45) is 0 Å². The van der Waals surface area contributed by atoms with Crippen LogP contribution in [-0.2, 0) is 0 Å². The normalized spacial score (nSPS) is 23.2. The zero-order valence-electron chi connectivity index (χ0n) is 19.2. The van der Waals surface area contributed by atoms with Gasteiger partial charge in [-0.2, -0.15) is 4.98 Å². The van der Waals surface area contributed by atoms with Crippen LogP contribution in [0, 0.1) is 0 Å². The minimum absolute atomic E-state index is 0.0846. The van der Waals surface area contributed by atoms with Crippen molar-refractivity contribution in [2.75, 3.05) is 34.8 Å². The molecular weight excluding hydrogens is 421 g/mol. The van der Waals surface area contributed by atoms with Gasteiger partial charge in [0.25, 0.3) is 0 Å². The number of anilines is 4. The Morgan fingerprint density at radius 2 is 1.94 bits per heavy atom. The number of alkyl halides is 1. The van der Waals surface area contributed by atoms with Crippen LogP contribution in [0.4, 0.5) is 27.8 Å². The summed E-state index contributed by atoms with van der Waals surface area (Å²) < 4.78 is 14.0. The number of halogens is 1. The highest BCUT2D eigenvalue weighted by Crippen LogP contribution is 2.35. The lowest BCUT2D eigenvalue weighted by atomic mass is 9.97. The minimum atomic E-state index is -1.30. The first kappa shape index (κ1) is 21.8. The molecule has 0 unspecified atom stereocenters. The minimum Gasteiger partial charge on any atom is -0.390 e. The molecule has 3 atom stereocenters. The summed E-state index contributed by atoms with van der Waals surface area (Å²) in [7, 11) is 0. The van der Waals surface area contributed by atoms with Crippen molar-refractivity contribution in [3.8, 4) is 0 Å². The lowest BCUT2D eigenvalue weighted by Gasteiger charge is -2.40. The van der Waals surface area contributed by atoms with E-state index in [-0.39, 0.29) is 6.54 Å². The fourth-order valence-corrected chi connectivity index (χ4v) is 4.51. The summed E-state index contributed by atoms with van der Waals surface area (Å²) in [6.07, 6.45) is 4.84. The number of piperidine rings is 1. The van der Waals surface area contributed by atoms with Crippen LogP contribution < -0.4 is 15.1 Å². The van der Waals surface area contributed by atoms with E-state index in [1.54, 1.807) is 17.2 Å². The number of pyridine rings is 2. The third kappa shape index (κ3) is 4.17. The molecule has 33 heavy (non-hydrogen) atoms. The van der Waals surface area contributed by atoms with Crippen molar-refractivity contribution >= 4 is 34.2 Å². The number of rotatable bonds is 5. The molecule has 2 aliphatic heterocycles. The molecule has 0 spiro atoms. The van der Waals surface area contributed by atoms with Crippen molar-refractivity contribution in [2.45, 2.75) is 57.8 Å². The summed E-state index contributed by atoms with van der Waals surface area (Å²) >= 11 is 0. The predicted octanol–water partition coefficient (Wildman–Crippen LogP) is 3.79. The third-order valence-electron chi connectivity index (χ3n) is 6.68. The molecule has 2 fully saturated rings. The van der Waals surface area contributed by atoms with Gasteiger partial charge in [-0.05, 0) is 48.8 Å². The van der Waals surface area contributed by atoms with E-state index < -0.39 is 12.3 Å². The summed E-state index contributed by atoms with van der Waals surface area (Å²) in [4.78, 5) is 22.4. The van der Waals surface area contributed by atoms with Crippen LogP contribution in [-0.4, -0.2) is 63.0 Å². The SMILES string of the molecule is CC(C)c1cnc(N2CC[C@H]2C)c2cnc(Nc3ccnc(N4CC[C@@H](O)[C@@H](F)C4)n3)cc12. The van der Waals surface area contributed by atoms with Crippen LogP contribution in [0.2, 0.25) is 0 Å². The smallest absolute Gasteiger partial charge is 0.227 e. The maximum Gasteiger partial charge on any atom is 0.227 e. The van der Waals surface area contributed by atoms with Gasteiger partial charge in [0.15, 0.2) is 0 Å². The average molecular weight is 452 g/mol. The summed E-state index contributed by atoms with van der Waals surface area (Å²) in [6.45, 7) is 8.17. The Kier molecular flexibility index (Phi) is 5.74. The van der Waals surface area contributed by atoms with E-state index in [0.29, 0.717) is 42.5 Å². The number of aromatic nitrogens is 4. The van der Waals surface area contributed by atoms with Gasteiger partial charge < -0.3 is 20.2 Å². The second-order valence-corrected chi connectivity index (χ2v) is 9.32. The van der Waals surface area contributed by atoms with Gasteiger partial charge in [-0.3, -0.25) is 0 Å². The Bertz CT molecular complexity index is 1160. The largest absolute Gasteiger partial charge is 0.390 e. The fourth-order valence-electron chi connectivity index (χ4n) is 4.51. The Morgan fingerprint density at radius 1 is 1.09 bits per heavy atom. The van der Waals surface area contributed by atoms with Crippen molar-refractivity contribution in [1.82, 2.24) is 19.9 Å². The van der Waals surface area contributed by atoms with Crippen LogP contribution in [0.3, 0.4) is 0 Å². The molecule has 5 heterocycles. The number of hydrogen-bond donors (Lipinski definition) is 2. The van der Waals surface area contributed by atoms with Gasteiger partial charge in [0, 0.05) is 43.1 Å². The van der Waals surface area contributed by atoms with Crippen molar-refractivity contribution in [1.29, 1.82) is 0 Å². The molecule has 0 radical (unpaired) electrons. The molecule has 0 saturated carbocycles. The van der Waals surface area contributed by atoms with E-state index in [0.717, 1.165) is 23.1 Å². The molecule has 0 aliphatic carbocycles. The highest BCUT2D eigenvalue weighted by Gasteiger charge is 2.29. The van der Waals surface area contributed by atoms with E-state index in [1.165, 1.54) is 12.0 Å². The zero-order valence-corrected chi connectivity index (χ0v) is 19.2. The highest BCUT2D eigenvalue weighted by atomic mass is 19.1. The van der Waals surface area contributed by atoms with Gasteiger partial charge in [0.05, 0.1) is 12.6 Å². The molecule has 2 N–H and O–H groups in total. The summed E-state index contributed by atoms with van der Waals surface area (Å²) in [5, 5.41) is 15.1. The number of aliphatic hydroxyl groups is 1. The van der Waals surface area contributed by atoms with Gasteiger partial charge in [0.1, 0.15) is 23.6 Å². The van der Waals surface area contributed by atoms with Gasteiger partial charge >= 0.3 is 0 Å². The summed E-state index contributed by atoms with van der Waals surface area (Å²) in [5.74, 6) is 3.03. The zero-order chi connectivity index (χ0) is 23.1. The highest BCUT2D eigenvalue weighted by molar-refractivity contribution is 5.96. The number of nitrogens with one attached hydrogen (secondary N) is 1. The lowest BCUT2D eigenvalue weighted by Crippen LogP contribution is -2.46. The van der Waals surface area contributed by atoms with Gasteiger partial charge in [-0.1, -0.05) is 13.8 Å². The quantitative estimate of drug-likeness (QED) is 0.606. The summed E-state index contributed by atoms with van der Waals surface area (Å²) in [5.41, 5.74) is 1.18. The second kappa shape index (κ2) is 8.70. The summed E-state index contributed by atoms with van der Waals surface area (Å²) in [6, 6.07) is 4.31. The fraction of sp³-hybridized carbons (Fsp3) is 0.500. The van der Waals surface area contributed by atoms with E-state index >= 15 is 0 Å². The molecule has 5 rings (SSSR count). The Morgan fingerprint density at radius 3 is 2.64 bits per heavy atom. The standard InChI is InChI=1S/C24H30FN7O/c1-14(2)17-11-28-23(32-9-5-15(32)3)18-12-27-22(10-16(17)18)29-21-4-7-26-24(30-21)31-8-6-20(33)19(25)13-31/h4,7,10-12,14-15,19-20,33H,5-6,8-9,13H2,1-3H3,(H,26,27,29,30)/t15-,19+,20-/m1/s1. The van der Waals surface area contributed by atoms with E-state index in [1.807, 2.05) is 12.4 Å². The maximum absolute atomic E-state index is 14.0. The monoisotopic (exact) mass is 451 g/mol. The molecule has 174 valence electrons. The first-order valence-electron chi connectivity index (χ1n) is 11.6. The number of fused-ring (bicyclic) bond motifs is 1. The molecule has 3 aromatic rings. The Hall–Kier alpha value is -3.07. The number of hydrogen-bond acceptors (Lipinski definition) is 8. The van der Waals surface area contributed by atoms with Crippen LogP contribution in [0.1, 0.15) is 45.1 Å². The number of nitrogens with zero attached hydrogens (tertiary/aromatic N) is 6. The maximum atomic E-state index is 14.0. The van der Waals surface area contributed by atoms with Crippen molar-refractivity contribution in [3.05, 3.63) is 36.3 Å². The Balaban J connectivity index is 1.44. The first-order valence-corrected chi connectivity index (χ1v) is 11.6. The average Bonchev–Trinajstić information content (AvgIpc) is 2.80. The third-order valence-corrected chi connectivity index (χ3v) is 6.68. The van der Waals surface area contributed by atoms with E-state index in [9.17, 15) is 9.50 Å². The van der Waals surface area contributed by atoms with Crippen LogP contribution in [0.25, 0.3) is 10.8 Å². The van der Waals surface area contributed by atoms with Crippen LogP contribution >= 0.6 is 0 Å². The second-order valence-electron chi connectivity index (χ2n) is 9.32. The predicted molar refractivity (Wildman–Crippen MR) is 128 cm³/mol. The molecule has 0 amide bonds. The lowest BCUT2D eigenvalue weighted by molar-refractivity contribution is 0.0612. The molecule has 3 aromatic heterocycles. The molecular formula is C24H30FN7O.